The number of methoxy groups -OCH3 is 1. The quantitative estimate of drug-likeness (QED) is 0.859. The molecule has 142 valence electrons. The molecule has 0 spiro atoms. The molecule has 2 aromatic rings. The minimum Gasteiger partial charge on any atom is -0.495 e. The molecule has 0 saturated heterocycles. The molecule has 0 aromatic heterocycles. The van der Waals surface area contributed by atoms with Crippen LogP contribution in [-0.4, -0.2) is 30.4 Å². The smallest absolute Gasteiger partial charge is 0.226 e. The summed E-state index contributed by atoms with van der Waals surface area (Å²) in [6, 6.07) is 11.2. The van der Waals surface area contributed by atoms with Gasteiger partial charge in [-0.3, -0.25) is 9.59 Å². The third kappa shape index (κ3) is 4.08. The Kier molecular flexibility index (Phi) is 5.71. The zero-order valence-electron chi connectivity index (χ0n) is 15.7. The van der Waals surface area contributed by atoms with Gasteiger partial charge < -0.3 is 15.0 Å². The largest absolute Gasteiger partial charge is 0.495 e. The second-order valence-electron chi connectivity index (χ2n) is 6.73. The summed E-state index contributed by atoms with van der Waals surface area (Å²) in [5, 5.41) is 3.48. The highest BCUT2D eigenvalue weighted by atomic mass is 35.5. The number of nitrogens with one attached hydrogen (secondary N) is 1. The summed E-state index contributed by atoms with van der Waals surface area (Å²) in [6.07, 6.45) is 0.986. The molecule has 1 unspecified atom stereocenters. The van der Waals surface area contributed by atoms with E-state index >= 15 is 0 Å². The van der Waals surface area contributed by atoms with Crippen LogP contribution in [0.5, 0.6) is 5.75 Å². The van der Waals surface area contributed by atoms with Crippen molar-refractivity contribution in [2.45, 2.75) is 32.7 Å². The highest BCUT2D eigenvalue weighted by Gasteiger charge is 2.30. The summed E-state index contributed by atoms with van der Waals surface area (Å²) >= 11 is 6.13. The van der Waals surface area contributed by atoms with Gasteiger partial charge in [-0.1, -0.05) is 35.9 Å². The fourth-order valence-electron chi connectivity index (χ4n) is 3.56. The molecule has 6 heteroatoms. The summed E-state index contributed by atoms with van der Waals surface area (Å²) in [5.74, 6) is 0.302. The van der Waals surface area contributed by atoms with Gasteiger partial charge in [-0.15, -0.1) is 0 Å². The molecule has 27 heavy (non-hydrogen) atoms. The van der Waals surface area contributed by atoms with Gasteiger partial charge in [0, 0.05) is 24.6 Å². The van der Waals surface area contributed by atoms with Crippen LogP contribution in [-0.2, 0) is 16.0 Å². The van der Waals surface area contributed by atoms with Crippen LogP contribution >= 0.6 is 11.6 Å². The maximum Gasteiger partial charge on any atom is 0.226 e. The van der Waals surface area contributed by atoms with Crippen LogP contribution in [0, 0.1) is 6.92 Å². The fraction of sp³-hybridized carbons (Fsp3) is 0.333. The lowest BCUT2D eigenvalue weighted by molar-refractivity contribution is -0.132. The van der Waals surface area contributed by atoms with Gasteiger partial charge in [0.1, 0.15) is 5.75 Å². The van der Waals surface area contributed by atoms with Crippen molar-refractivity contribution < 1.29 is 14.3 Å². The lowest BCUT2D eigenvalue weighted by Gasteiger charge is -2.36. The molecule has 1 N–H and O–H groups in total. The van der Waals surface area contributed by atoms with Crippen molar-refractivity contribution in [1.82, 2.24) is 4.90 Å². The molecule has 0 aliphatic carbocycles. The van der Waals surface area contributed by atoms with E-state index in [0.717, 1.165) is 17.5 Å². The molecular weight excluding hydrogens is 364 g/mol. The minimum atomic E-state index is -0.271. The Morgan fingerprint density at radius 3 is 2.74 bits per heavy atom. The summed E-state index contributed by atoms with van der Waals surface area (Å²) < 4.78 is 5.32. The van der Waals surface area contributed by atoms with Gasteiger partial charge in [0.2, 0.25) is 11.8 Å². The van der Waals surface area contributed by atoms with Crippen molar-refractivity contribution in [1.29, 1.82) is 0 Å². The molecule has 5 nitrogen and oxygen atoms in total. The number of amides is 2. The Morgan fingerprint density at radius 2 is 2.04 bits per heavy atom. The molecule has 1 heterocycles. The predicted octanol–water partition coefficient (Wildman–Crippen LogP) is 4.13. The Balaban J connectivity index is 1.84. The molecule has 2 amide bonds. The van der Waals surface area contributed by atoms with Crippen LogP contribution in [0.15, 0.2) is 36.4 Å². The third-order valence-electron chi connectivity index (χ3n) is 4.95. The van der Waals surface area contributed by atoms with E-state index in [1.807, 2.05) is 25.1 Å². The second kappa shape index (κ2) is 8.01. The summed E-state index contributed by atoms with van der Waals surface area (Å²) in [7, 11) is 1.53. The van der Waals surface area contributed by atoms with Gasteiger partial charge in [0.05, 0.1) is 25.3 Å². The maximum atomic E-state index is 12.8. The van der Waals surface area contributed by atoms with Crippen molar-refractivity contribution in [3.63, 3.8) is 0 Å². The standard InChI is InChI=1S/C21H23ClN2O3/c1-13-10-18(20(27-3)11-17(13)22)23-21(26)12-19-16-7-5-4-6-15(16)8-9-24(19)14(2)25/h4-7,10-11,19H,8-9,12H2,1-3H3,(H,23,26). The van der Waals surface area contributed by atoms with Crippen LogP contribution in [0.1, 0.15) is 36.1 Å². The Hall–Kier alpha value is -2.53. The first kappa shape index (κ1) is 19.2. The van der Waals surface area contributed by atoms with Crippen molar-refractivity contribution in [3.05, 3.63) is 58.1 Å². The van der Waals surface area contributed by atoms with Gasteiger partial charge in [0.15, 0.2) is 0 Å². The van der Waals surface area contributed by atoms with Gasteiger partial charge in [-0.2, -0.15) is 0 Å². The first-order valence-electron chi connectivity index (χ1n) is 8.89. The minimum absolute atomic E-state index is 0.0257. The van der Waals surface area contributed by atoms with Gasteiger partial charge >= 0.3 is 0 Å². The van der Waals surface area contributed by atoms with E-state index in [4.69, 9.17) is 16.3 Å². The van der Waals surface area contributed by atoms with E-state index in [1.54, 1.807) is 24.0 Å². The number of halogens is 1. The number of carbonyl (C=O) groups excluding carboxylic acids is 2. The molecule has 2 aromatic carbocycles. The van der Waals surface area contributed by atoms with E-state index in [1.165, 1.54) is 12.7 Å². The molecule has 0 radical (unpaired) electrons. The lowest BCUT2D eigenvalue weighted by Crippen LogP contribution is -2.40. The van der Waals surface area contributed by atoms with Crippen molar-refractivity contribution in [3.8, 4) is 5.75 Å². The van der Waals surface area contributed by atoms with Crippen molar-refractivity contribution in [2.24, 2.45) is 0 Å². The lowest BCUT2D eigenvalue weighted by atomic mass is 9.90. The SMILES string of the molecule is COc1cc(Cl)c(C)cc1NC(=O)CC1c2ccccc2CCN1C(C)=O. The maximum absolute atomic E-state index is 12.8. The number of hydrogen-bond acceptors (Lipinski definition) is 3. The van der Waals surface area contributed by atoms with Crippen LogP contribution < -0.4 is 10.1 Å². The highest BCUT2D eigenvalue weighted by molar-refractivity contribution is 6.31. The summed E-state index contributed by atoms with van der Waals surface area (Å²) in [4.78, 5) is 26.7. The van der Waals surface area contributed by atoms with Gasteiger partial charge in [-0.05, 0) is 36.1 Å². The van der Waals surface area contributed by atoms with E-state index in [0.29, 0.717) is 23.0 Å². The van der Waals surface area contributed by atoms with E-state index in [2.05, 4.69) is 11.4 Å². The Bertz CT molecular complexity index is 882. The fourth-order valence-corrected chi connectivity index (χ4v) is 3.71. The molecule has 1 atom stereocenters. The van der Waals surface area contributed by atoms with Crippen LogP contribution in [0.25, 0.3) is 0 Å². The molecule has 0 fully saturated rings. The number of hydrogen-bond donors (Lipinski definition) is 1. The van der Waals surface area contributed by atoms with Crippen LogP contribution in [0.3, 0.4) is 0 Å². The van der Waals surface area contributed by atoms with Crippen molar-refractivity contribution >= 4 is 29.1 Å². The number of nitrogens with zero attached hydrogens (tertiary/aromatic N) is 1. The second-order valence-corrected chi connectivity index (χ2v) is 7.14. The number of ether oxygens (including phenoxy) is 1. The molecule has 1 aliphatic heterocycles. The number of carbonyl (C=O) groups is 2. The Morgan fingerprint density at radius 1 is 1.30 bits per heavy atom. The van der Waals surface area contributed by atoms with Gasteiger partial charge in [-0.25, -0.2) is 0 Å². The highest BCUT2D eigenvalue weighted by Crippen LogP contribution is 2.34. The van der Waals surface area contributed by atoms with Crippen molar-refractivity contribution in [2.75, 3.05) is 19.0 Å². The summed E-state index contributed by atoms with van der Waals surface area (Å²) in [5.41, 5.74) is 3.64. The number of fused-ring (bicyclic) bond motifs is 1. The first-order valence-corrected chi connectivity index (χ1v) is 9.27. The average Bonchev–Trinajstić information content (AvgIpc) is 2.64. The number of benzene rings is 2. The van der Waals surface area contributed by atoms with Gasteiger partial charge in [0.25, 0.3) is 0 Å². The predicted molar refractivity (Wildman–Crippen MR) is 106 cm³/mol. The monoisotopic (exact) mass is 386 g/mol. The van der Waals surface area contributed by atoms with E-state index < -0.39 is 0 Å². The third-order valence-corrected chi connectivity index (χ3v) is 5.36. The topological polar surface area (TPSA) is 58.6 Å². The van der Waals surface area contributed by atoms with E-state index in [-0.39, 0.29) is 24.3 Å². The van der Waals surface area contributed by atoms with Crippen LogP contribution in [0.4, 0.5) is 5.69 Å². The first-order chi connectivity index (χ1) is 12.9. The average molecular weight is 387 g/mol. The van der Waals surface area contributed by atoms with Crippen LogP contribution in [0.2, 0.25) is 5.02 Å². The normalized spacial score (nSPS) is 15.9. The molecule has 1 aliphatic rings. The zero-order chi connectivity index (χ0) is 19.6. The zero-order valence-corrected chi connectivity index (χ0v) is 16.5. The molecule has 3 rings (SSSR count). The molecular formula is C21H23ClN2O3. The molecule has 0 saturated carbocycles. The number of rotatable bonds is 4. The Labute approximate surface area is 164 Å². The molecule has 0 bridgehead atoms. The summed E-state index contributed by atoms with van der Waals surface area (Å²) in [6.45, 7) is 4.03. The number of anilines is 1. The van der Waals surface area contributed by atoms with E-state index in [9.17, 15) is 9.59 Å². The number of aryl methyl sites for hydroxylation is 1.